The Hall–Kier alpha value is -3.83. The fourth-order valence-corrected chi connectivity index (χ4v) is 6.88. The van der Waals surface area contributed by atoms with Crippen LogP contribution in [-0.4, -0.2) is 47.1 Å². The van der Waals surface area contributed by atoms with Crippen molar-refractivity contribution in [1.82, 2.24) is 9.80 Å². The summed E-state index contributed by atoms with van der Waals surface area (Å²) in [5.41, 5.74) is 4.08. The van der Waals surface area contributed by atoms with Crippen molar-refractivity contribution in [1.29, 1.82) is 0 Å². The maximum absolute atomic E-state index is 13.2. The van der Waals surface area contributed by atoms with Crippen LogP contribution in [0.3, 0.4) is 0 Å². The number of fused-ring (bicyclic) bond motifs is 2. The maximum Gasteiger partial charge on any atom is 0.294 e. The molecule has 1 fully saturated rings. The first-order valence-electron chi connectivity index (χ1n) is 13.5. The van der Waals surface area contributed by atoms with Crippen LogP contribution in [0.4, 0.5) is 4.79 Å². The Kier molecular flexibility index (Phi) is 8.21. The number of carbonyl (C=O) groups excluding carboxylic acids is 3. The molecule has 42 heavy (non-hydrogen) atoms. The van der Waals surface area contributed by atoms with Gasteiger partial charge in [0.2, 0.25) is 5.91 Å². The highest BCUT2D eigenvalue weighted by Gasteiger charge is 2.37. The third-order valence-corrected chi connectivity index (χ3v) is 9.16. The first-order valence-corrected chi connectivity index (χ1v) is 15.4. The van der Waals surface area contributed by atoms with Gasteiger partial charge in [0.1, 0.15) is 13.2 Å². The number of imide groups is 1. The van der Waals surface area contributed by atoms with Crippen molar-refractivity contribution in [2.45, 2.75) is 19.6 Å². The van der Waals surface area contributed by atoms with Gasteiger partial charge in [-0.2, -0.15) is 0 Å². The van der Waals surface area contributed by atoms with Gasteiger partial charge in [0, 0.05) is 13.1 Å². The van der Waals surface area contributed by atoms with E-state index >= 15 is 0 Å². The predicted octanol–water partition coefficient (Wildman–Crippen LogP) is 6.65. The summed E-state index contributed by atoms with van der Waals surface area (Å²) in [7, 11) is 1.57. The summed E-state index contributed by atoms with van der Waals surface area (Å²) in [6, 6.07) is 26.0. The summed E-state index contributed by atoms with van der Waals surface area (Å²) < 4.78 is 12.7. The summed E-state index contributed by atoms with van der Waals surface area (Å²) in [6.07, 6.45) is 2.41. The number of amides is 3. The lowest BCUT2D eigenvalue weighted by atomic mass is 10.00. The van der Waals surface area contributed by atoms with E-state index in [1.807, 2.05) is 48.5 Å². The molecule has 0 spiro atoms. The van der Waals surface area contributed by atoms with E-state index in [-0.39, 0.29) is 17.4 Å². The van der Waals surface area contributed by atoms with Gasteiger partial charge >= 0.3 is 0 Å². The van der Waals surface area contributed by atoms with Crippen LogP contribution in [0, 0.1) is 3.57 Å². The lowest BCUT2D eigenvalue weighted by molar-refractivity contribution is -0.136. The molecular weight excluding hydrogens is 663 g/mol. The standard InChI is InChI=1S/C33H27IN2O5S/c1-40-28-16-21(15-27(34)31(28)41-20-25-11-6-10-23-8-4-5-12-26(23)25)17-29-32(38)36(33(39)42-29)19-30(37)35-14-13-22-7-2-3-9-24(22)18-35/h2-12,15-17H,13-14,18-20H2,1H3/b29-17-. The van der Waals surface area contributed by atoms with Gasteiger partial charge in [-0.1, -0.05) is 66.7 Å². The molecule has 0 unspecified atom stereocenters. The highest BCUT2D eigenvalue weighted by atomic mass is 127. The minimum Gasteiger partial charge on any atom is -0.493 e. The fraction of sp³-hybridized carbons (Fsp3) is 0.182. The van der Waals surface area contributed by atoms with Gasteiger partial charge in [-0.3, -0.25) is 19.3 Å². The second-order valence-electron chi connectivity index (χ2n) is 10.1. The monoisotopic (exact) mass is 690 g/mol. The molecule has 7 nitrogen and oxygen atoms in total. The molecule has 2 heterocycles. The van der Waals surface area contributed by atoms with E-state index < -0.39 is 11.1 Å². The Morgan fingerprint density at radius 2 is 1.76 bits per heavy atom. The Labute approximate surface area is 261 Å². The van der Waals surface area contributed by atoms with E-state index in [2.05, 4.69) is 46.9 Å². The van der Waals surface area contributed by atoms with E-state index in [0.717, 1.165) is 48.6 Å². The van der Waals surface area contributed by atoms with Crippen LogP contribution in [0.2, 0.25) is 0 Å². The third kappa shape index (κ3) is 5.76. The molecule has 4 aromatic rings. The molecule has 2 aliphatic heterocycles. The molecule has 0 aromatic heterocycles. The predicted molar refractivity (Wildman–Crippen MR) is 172 cm³/mol. The number of halogens is 1. The van der Waals surface area contributed by atoms with Crippen LogP contribution in [0.5, 0.6) is 11.5 Å². The number of benzene rings is 4. The summed E-state index contributed by atoms with van der Waals surface area (Å²) in [5.74, 6) is 0.413. The number of ether oxygens (including phenoxy) is 2. The zero-order chi connectivity index (χ0) is 29.2. The van der Waals surface area contributed by atoms with Crippen molar-refractivity contribution in [3.63, 3.8) is 0 Å². The first kappa shape index (κ1) is 28.3. The maximum atomic E-state index is 13.2. The Morgan fingerprint density at radius 3 is 2.60 bits per heavy atom. The molecule has 2 aliphatic rings. The lowest BCUT2D eigenvalue weighted by Gasteiger charge is -2.29. The van der Waals surface area contributed by atoms with E-state index in [9.17, 15) is 14.4 Å². The van der Waals surface area contributed by atoms with Crippen LogP contribution in [0.25, 0.3) is 16.8 Å². The van der Waals surface area contributed by atoms with Gasteiger partial charge in [0.15, 0.2) is 11.5 Å². The number of nitrogens with zero attached hydrogens (tertiary/aromatic N) is 2. The topological polar surface area (TPSA) is 76.2 Å². The highest BCUT2D eigenvalue weighted by molar-refractivity contribution is 14.1. The van der Waals surface area contributed by atoms with Gasteiger partial charge < -0.3 is 14.4 Å². The average Bonchev–Trinajstić information content (AvgIpc) is 3.27. The molecule has 0 bridgehead atoms. The van der Waals surface area contributed by atoms with Crippen molar-refractivity contribution in [2.75, 3.05) is 20.2 Å². The van der Waals surface area contributed by atoms with Crippen molar-refractivity contribution in [3.05, 3.63) is 110 Å². The van der Waals surface area contributed by atoms with Crippen LogP contribution in [0.15, 0.2) is 83.8 Å². The van der Waals surface area contributed by atoms with E-state index in [0.29, 0.717) is 36.8 Å². The van der Waals surface area contributed by atoms with Gasteiger partial charge in [-0.25, -0.2) is 0 Å². The van der Waals surface area contributed by atoms with Crippen LogP contribution < -0.4 is 9.47 Å². The second kappa shape index (κ2) is 12.2. The van der Waals surface area contributed by atoms with Crippen molar-refractivity contribution in [2.24, 2.45) is 0 Å². The Bertz CT molecular complexity index is 1750. The Balaban J connectivity index is 1.16. The molecule has 0 atom stereocenters. The fourth-order valence-electron chi connectivity index (χ4n) is 5.26. The molecule has 0 N–H and O–H groups in total. The molecule has 9 heteroatoms. The van der Waals surface area contributed by atoms with E-state index in [1.165, 1.54) is 5.56 Å². The van der Waals surface area contributed by atoms with E-state index in [4.69, 9.17) is 9.47 Å². The molecule has 6 rings (SSSR count). The molecule has 0 aliphatic carbocycles. The SMILES string of the molecule is COc1cc(/C=C2\SC(=O)N(CC(=O)N3CCc4ccccc4C3)C2=O)cc(I)c1OCc1cccc2ccccc12. The van der Waals surface area contributed by atoms with Crippen molar-refractivity contribution >= 4 is 68.3 Å². The molecule has 4 aromatic carbocycles. The van der Waals surface area contributed by atoms with Gasteiger partial charge in [0.25, 0.3) is 11.1 Å². The summed E-state index contributed by atoms with van der Waals surface area (Å²) in [5, 5.41) is 1.83. The zero-order valence-corrected chi connectivity index (χ0v) is 25.8. The van der Waals surface area contributed by atoms with Crippen LogP contribution in [-0.2, 0) is 29.2 Å². The largest absolute Gasteiger partial charge is 0.493 e. The minimum atomic E-state index is -0.471. The third-order valence-electron chi connectivity index (χ3n) is 7.45. The number of thioether (sulfide) groups is 1. The summed E-state index contributed by atoms with van der Waals surface area (Å²) in [4.78, 5) is 42.0. The van der Waals surface area contributed by atoms with Crippen molar-refractivity contribution < 1.29 is 23.9 Å². The molecule has 0 saturated carbocycles. The number of rotatable bonds is 7. The van der Waals surface area contributed by atoms with Gasteiger partial charge in [-0.15, -0.1) is 0 Å². The van der Waals surface area contributed by atoms with Crippen molar-refractivity contribution in [3.8, 4) is 11.5 Å². The minimum absolute atomic E-state index is 0.239. The number of carbonyl (C=O) groups is 3. The van der Waals surface area contributed by atoms with Crippen LogP contribution >= 0.6 is 34.4 Å². The molecular formula is C33H27IN2O5S. The second-order valence-corrected chi connectivity index (χ2v) is 12.2. The number of methoxy groups -OCH3 is 1. The number of hydrogen-bond acceptors (Lipinski definition) is 6. The van der Waals surface area contributed by atoms with Gasteiger partial charge in [-0.05, 0) is 92.0 Å². The lowest BCUT2D eigenvalue weighted by Crippen LogP contribution is -2.44. The molecule has 3 amide bonds. The summed E-state index contributed by atoms with van der Waals surface area (Å²) in [6.45, 7) is 1.14. The number of hydrogen-bond donors (Lipinski definition) is 0. The quantitative estimate of drug-likeness (QED) is 0.160. The smallest absolute Gasteiger partial charge is 0.294 e. The van der Waals surface area contributed by atoms with Gasteiger partial charge in [0.05, 0.1) is 15.6 Å². The zero-order valence-electron chi connectivity index (χ0n) is 22.8. The molecule has 0 radical (unpaired) electrons. The molecule has 1 saturated heterocycles. The first-order chi connectivity index (χ1) is 20.4. The normalized spacial score (nSPS) is 15.8. The average molecular weight is 691 g/mol. The van der Waals surface area contributed by atoms with Crippen LogP contribution in [0.1, 0.15) is 22.3 Å². The van der Waals surface area contributed by atoms with E-state index in [1.54, 1.807) is 24.2 Å². The summed E-state index contributed by atoms with van der Waals surface area (Å²) >= 11 is 3.02. The highest BCUT2D eigenvalue weighted by Crippen LogP contribution is 2.38. The Morgan fingerprint density at radius 1 is 1.00 bits per heavy atom. The molecule has 212 valence electrons.